The molecule has 0 saturated carbocycles. The fourth-order valence-corrected chi connectivity index (χ4v) is 3.59. The van der Waals surface area contributed by atoms with Gasteiger partial charge in [0.1, 0.15) is 0 Å². The van der Waals surface area contributed by atoms with Crippen LogP contribution in [-0.4, -0.2) is 9.78 Å². The molecule has 0 aliphatic heterocycles. The lowest BCUT2D eigenvalue weighted by Gasteiger charge is -2.18. The molecule has 4 aromatic rings. The third-order valence-electron chi connectivity index (χ3n) is 4.78. The second-order valence-corrected chi connectivity index (χ2v) is 7.46. The molecule has 3 nitrogen and oxygen atoms in total. The first-order chi connectivity index (χ1) is 13.5. The number of fused-ring (bicyclic) bond motifs is 1. The molecule has 0 radical (unpaired) electrons. The first kappa shape index (κ1) is 18.6. The summed E-state index contributed by atoms with van der Waals surface area (Å²) < 4.78 is 1.86. The molecular weight excluding hydrogens is 389 g/mol. The smallest absolute Gasteiger partial charge is 0.0747 e. The summed E-state index contributed by atoms with van der Waals surface area (Å²) in [6, 6.07) is 22.0. The minimum Gasteiger partial charge on any atom is -0.378 e. The van der Waals surface area contributed by atoms with Gasteiger partial charge in [-0.25, -0.2) is 4.68 Å². The molecule has 0 spiro atoms. The molecule has 0 bridgehead atoms. The average Bonchev–Trinajstić information content (AvgIpc) is 3.15. The summed E-state index contributed by atoms with van der Waals surface area (Å²) in [5, 5.41) is 10.1. The standard InChI is InChI=1S/C23H19Cl2N3/c1-15(17-7-4-3-5-8-17)27-16(2)19-9-6-10-23-20(19)14-26-28(23)18-11-12-21(24)22(25)13-18/h3-15,27H,2H2,1H3. The van der Waals surface area contributed by atoms with Crippen LogP contribution in [0.3, 0.4) is 0 Å². The monoisotopic (exact) mass is 407 g/mol. The molecule has 1 aromatic heterocycles. The number of nitrogens with one attached hydrogen (secondary N) is 1. The number of aromatic nitrogens is 2. The van der Waals surface area contributed by atoms with Crippen LogP contribution in [0.2, 0.25) is 10.0 Å². The van der Waals surface area contributed by atoms with Crippen LogP contribution in [0.25, 0.3) is 22.3 Å². The molecule has 140 valence electrons. The van der Waals surface area contributed by atoms with Crippen LogP contribution in [0, 0.1) is 0 Å². The topological polar surface area (TPSA) is 29.9 Å². The molecular formula is C23H19Cl2N3. The van der Waals surface area contributed by atoms with Gasteiger partial charge in [0.05, 0.1) is 27.4 Å². The number of nitrogens with zero attached hydrogens (tertiary/aromatic N) is 2. The molecule has 0 amide bonds. The Morgan fingerprint density at radius 3 is 2.54 bits per heavy atom. The zero-order valence-corrected chi connectivity index (χ0v) is 16.9. The Kier molecular flexibility index (Phi) is 5.12. The van der Waals surface area contributed by atoms with Crippen LogP contribution in [-0.2, 0) is 0 Å². The third kappa shape index (κ3) is 3.51. The molecule has 1 heterocycles. The predicted octanol–water partition coefficient (Wildman–Crippen LogP) is 6.65. The second-order valence-electron chi connectivity index (χ2n) is 6.65. The Labute approximate surface area is 174 Å². The van der Waals surface area contributed by atoms with Crippen LogP contribution in [0.4, 0.5) is 0 Å². The summed E-state index contributed by atoms with van der Waals surface area (Å²) in [5.74, 6) is 0. The summed E-state index contributed by atoms with van der Waals surface area (Å²) in [7, 11) is 0. The van der Waals surface area contributed by atoms with E-state index in [1.807, 2.05) is 53.3 Å². The van der Waals surface area contributed by atoms with Crippen molar-refractivity contribution in [2.75, 3.05) is 0 Å². The minimum absolute atomic E-state index is 0.147. The lowest BCUT2D eigenvalue weighted by atomic mass is 10.0. The highest BCUT2D eigenvalue weighted by molar-refractivity contribution is 6.42. The maximum Gasteiger partial charge on any atom is 0.0747 e. The van der Waals surface area contributed by atoms with Crippen LogP contribution < -0.4 is 5.32 Å². The van der Waals surface area contributed by atoms with Gasteiger partial charge in [0, 0.05) is 22.7 Å². The van der Waals surface area contributed by atoms with E-state index < -0.39 is 0 Å². The highest BCUT2D eigenvalue weighted by Crippen LogP contribution is 2.29. The predicted molar refractivity (Wildman–Crippen MR) is 118 cm³/mol. The van der Waals surface area contributed by atoms with Gasteiger partial charge in [-0.3, -0.25) is 0 Å². The lowest BCUT2D eigenvalue weighted by Crippen LogP contribution is -2.16. The van der Waals surface area contributed by atoms with Gasteiger partial charge in [-0.1, -0.05) is 72.2 Å². The van der Waals surface area contributed by atoms with Crippen LogP contribution >= 0.6 is 23.2 Å². The zero-order chi connectivity index (χ0) is 19.7. The normalized spacial score (nSPS) is 12.1. The van der Waals surface area contributed by atoms with Gasteiger partial charge in [-0.05, 0) is 36.8 Å². The maximum absolute atomic E-state index is 6.18. The lowest BCUT2D eigenvalue weighted by molar-refractivity contribution is 0.702. The van der Waals surface area contributed by atoms with Crippen molar-refractivity contribution >= 4 is 39.8 Å². The van der Waals surface area contributed by atoms with E-state index in [2.05, 4.69) is 42.1 Å². The Morgan fingerprint density at radius 1 is 1.00 bits per heavy atom. The summed E-state index contributed by atoms with van der Waals surface area (Å²) in [4.78, 5) is 0. The Morgan fingerprint density at radius 2 is 1.79 bits per heavy atom. The van der Waals surface area contributed by atoms with E-state index >= 15 is 0 Å². The van der Waals surface area contributed by atoms with Crippen molar-refractivity contribution in [3.05, 3.63) is 101 Å². The van der Waals surface area contributed by atoms with E-state index in [1.54, 1.807) is 6.07 Å². The maximum atomic E-state index is 6.18. The minimum atomic E-state index is 0.147. The molecule has 1 atom stereocenters. The van der Waals surface area contributed by atoms with Crippen LogP contribution in [0.5, 0.6) is 0 Å². The first-order valence-electron chi connectivity index (χ1n) is 8.97. The van der Waals surface area contributed by atoms with E-state index in [-0.39, 0.29) is 6.04 Å². The second kappa shape index (κ2) is 7.70. The quantitative estimate of drug-likeness (QED) is 0.401. The van der Waals surface area contributed by atoms with E-state index in [1.165, 1.54) is 5.56 Å². The molecule has 3 aromatic carbocycles. The van der Waals surface area contributed by atoms with E-state index in [9.17, 15) is 0 Å². The SMILES string of the molecule is C=C(NC(C)c1ccccc1)c1cccc2c1cnn2-c1ccc(Cl)c(Cl)c1. The molecule has 1 unspecified atom stereocenters. The van der Waals surface area contributed by atoms with Gasteiger partial charge < -0.3 is 5.32 Å². The van der Waals surface area contributed by atoms with Crippen LogP contribution in [0.1, 0.15) is 24.1 Å². The van der Waals surface area contributed by atoms with Crippen molar-refractivity contribution in [2.24, 2.45) is 0 Å². The van der Waals surface area contributed by atoms with Gasteiger partial charge in [-0.15, -0.1) is 0 Å². The number of halogens is 2. The Bertz CT molecular complexity index is 1150. The number of hydrogen-bond acceptors (Lipinski definition) is 2. The first-order valence-corrected chi connectivity index (χ1v) is 9.73. The molecule has 4 rings (SSSR count). The molecule has 0 aliphatic carbocycles. The van der Waals surface area contributed by atoms with E-state index in [4.69, 9.17) is 23.2 Å². The summed E-state index contributed by atoms with van der Waals surface area (Å²) in [5.41, 5.74) is 4.92. The fraction of sp³-hybridized carbons (Fsp3) is 0.0870. The Balaban J connectivity index is 1.68. The molecule has 0 saturated heterocycles. The van der Waals surface area contributed by atoms with Crippen molar-refractivity contribution in [3.63, 3.8) is 0 Å². The van der Waals surface area contributed by atoms with Gasteiger partial charge in [-0.2, -0.15) is 5.10 Å². The molecule has 5 heteroatoms. The molecule has 0 fully saturated rings. The average molecular weight is 408 g/mol. The number of hydrogen-bond donors (Lipinski definition) is 1. The van der Waals surface area contributed by atoms with Crippen molar-refractivity contribution < 1.29 is 0 Å². The third-order valence-corrected chi connectivity index (χ3v) is 5.52. The summed E-state index contributed by atoms with van der Waals surface area (Å²) >= 11 is 12.2. The van der Waals surface area contributed by atoms with Crippen molar-refractivity contribution in [2.45, 2.75) is 13.0 Å². The van der Waals surface area contributed by atoms with Gasteiger partial charge in [0.15, 0.2) is 0 Å². The van der Waals surface area contributed by atoms with E-state index in [0.717, 1.165) is 27.9 Å². The van der Waals surface area contributed by atoms with E-state index in [0.29, 0.717) is 10.0 Å². The highest BCUT2D eigenvalue weighted by atomic mass is 35.5. The summed E-state index contributed by atoms with van der Waals surface area (Å²) in [6.45, 7) is 6.39. The largest absolute Gasteiger partial charge is 0.378 e. The fourth-order valence-electron chi connectivity index (χ4n) is 3.30. The highest BCUT2D eigenvalue weighted by Gasteiger charge is 2.13. The Hall–Kier alpha value is -2.75. The number of benzene rings is 3. The molecule has 28 heavy (non-hydrogen) atoms. The summed E-state index contributed by atoms with van der Waals surface area (Å²) in [6.07, 6.45) is 1.85. The zero-order valence-electron chi connectivity index (χ0n) is 15.4. The number of rotatable bonds is 5. The van der Waals surface area contributed by atoms with Crippen LogP contribution in [0.15, 0.2) is 79.5 Å². The van der Waals surface area contributed by atoms with Crippen molar-refractivity contribution in [1.29, 1.82) is 0 Å². The van der Waals surface area contributed by atoms with Crippen molar-refractivity contribution in [1.82, 2.24) is 15.1 Å². The molecule has 0 aliphatic rings. The van der Waals surface area contributed by atoms with Crippen molar-refractivity contribution in [3.8, 4) is 5.69 Å². The van der Waals surface area contributed by atoms with Gasteiger partial charge in [0.25, 0.3) is 0 Å². The van der Waals surface area contributed by atoms with Gasteiger partial charge in [0.2, 0.25) is 0 Å². The van der Waals surface area contributed by atoms with Gasteiger partial charge >= 0.3 is 0 Å². The molecule has 1 N–H and O–H groups in total.